The Morgan fingerprint density at radius 3 is 1.84 bits per heavy atom. The van der Waals surface area contributed by atoms with Crippen LogP contribution in [0, 0.1) is 0 Å². The van der Waals surface area contributed by atoms with Gasteiger partial charge in [-0.3, -0.25) is 0 Å². The van der Waals surface area contributed by atoms with Gasteiger partial charge >= 0.3 is 0 Å². The molecule has 0 saturated carbocycles. The van der Waals surface area contributed by atoms with Crippen LogP contribution in [0.2, 0.25) is 0 Å². The lowest BCUT2D eigenvalue weighted by molar-refractivity contribution is 0.668. The van der Waals surface area contributed by atoms with Gasteiger partial charge < -0.3 is 13.7 Å². The number of thiophene rings is 1. The monoisotopic (exact) mass is 581 g/mol. The molecule has 3 heterocycles. The maximum Gasteiger partial charge on any atom is 0.137 e. The molecule has 0 unspecified atom stereocenters. The largest absolute Gasteiger partial charge is 0.456 e. The molecule has 0 spiro atoms. The number of hydrogen-bond acceptors (Lipinski definition) is 4. The first-order chi connectivity index (χ1) is 21.8. The molecule has 0 fully saturated rings. The number of rotatable bonds is 3. The summed E-state index contributed by atoms with van der Waals surface area (Å²) in [5, 5.41) is 9.41. The van der Waals surface area contributed by atoms with E-state index in [1.165, 1.54) is 30.9 Å². The zero-order valence-electron chi connectivity index (χ0n) is 23.5. The lowest BCUT2D eigenvalue weighted by Gasteiger charge is -2.26. The highest BCUT2D eigenvalue weighted by atomic mass is 32.1. The van der Waals surface area contributed by atoms with E-state index in [1.807, 2.05) is 23.5 Å². The summed E-state index contributed by atoms with van der Waals surface area (Å²) in [6, 6.07) is 49.3. The lowest BCUT2D eigenvalue weighted by atomic mass is 9.99. The molecule has 3 nitrogen and oxygen atoms in total. The molecule has 0 amide bonds. The quantitative estimate of drug-likeness (QED) is 0.208. The summed E-state index contributed by atoms with van der Waals surface area (Å²) in [6.07, 6.45) is 0. The number of hydrogen-bond donors (Lipinski definition) is 0. The number of furan rings is 2. The Morgan fingerprint density at radius 1 is 0.386 bits per heavy atom. The molecule has 0 aliphatic carbocycles. The summed E-state index contributed by atoms with van der Waals surface area (Å²) in [5.74, 6) is 0. The van der Waals surface area contributed by atoms with Crippen LogP contribution in [0.4, 0.5) is 17.1 Å². The summed E-state index contributed by atoms with van der Waals surface area (Å²) >= 11 is 1.84. The molecular formula is C40H23NO2S. The maximum absolute atomic E-state index is 6.60. The van der Waals surface area contributed by atoms with Gasteiger partial charge in [-0.05, 0) is 83.6 Å². The molecule has 10 rings (SSSR count). The average molecular weight is 582 g/mol. The first-order valence-electron chi connectivity index (χ1n) is 14.8. The van der Waals surface area contributed by atoms with E-state index in [9.17, 15) is 0 Å². The molecular weight excluding hydrogens is 559 g/mol. The van der Waals surface area contributed by atoms with Crippen LogP contribution in [-0.4, -0.2) is 0 Å². The van der Waals surface area contributed by atoms with Crippen LogP contribution in [0.3, 0.4) is 0 Å². The van der Waals surface area contributed by atoms with Gasteiger partial charge in [-0.1, -0.05) is 60.7 Å². The topological polar surface area (TPSA) is 29.5 Å². The summed E-state index contributed by atoms with van der Waals surface area (Å²) in [7, 11) is 0. The number of benzene rings is 7. The number of anilines is 3. The summed E-state index contributed by atoms with van der Waals surface area (Å²) in [4.78, 5) is 2.35. The number of para-hydroxylation sites is 2. The van der Waals surface area contributed by atoms with Crippen LogP contribution in [0.15, 0.2) is 148 Å². The van der Waals surface area contributed by atoms with Crippen LogP contribution in [-0.2, 0) is 0 Å². The molecule has 0 saturated heterocycles. The summed E-state index contributed by atoms with van der Waals surface area (Å²) < 4.78 is 15.4. The minimum absolute atomic E-state index is 0.866. The highest BCUT2D eigenvalue weighted by Gasteiger charge is 2.21. The van der Waals surface area contributed by atoms with E-state index in [0.29, 0.717) is 0 Å². The summed E-state index contributed by atoms with van der Waals surface area (Å²) in [6.45, 7) is 0. The summed E-state index contributed by atoms with van der Waals surface area (Å²) in [5.41, 5.74) is 6.87. The Morgan fingerprint density at radius 2 is 1.02 bits per heavy atom. The Balaban J connectivity index is 1.23. The minimum Gasteiger partial charge on any atom is -0.456 e. The molecule has 4 heteroatoms. The van der Waals surface area contributed by atoms with Crippen molar-refractivity contribution in [1.82, 2.24) is 0 Å². The van der Waals surface area contributed by atoms with Crippen molar-refractivity contribution in [1.29, 1.82) is 0 Å². The first kappa shape index (κ1) is 23.9. The smallest absolute Gasteiger partial charge is 0.137 e. The Hall–Kier alpha value is -5.58. The van der Waals surface area contributed by atoms with Crippen LogP contribution < -0.4 is 4.90 Å². The van der Waals surface area contributed by atoms with Gasteiger partial charge in [-0.25, -0.2) is 0 Å². The minimum atomic E-state index is 0.866. The average Bonchev–Trinajstić information content (AvgIpc) is 3.76. The number of fused-ring (bicyclic) bond motifs is 12. The van der Waals surface area contributed by atoms with Gasteiger partial charge in [0.1, 0.15) is 22.3 Å². The zero-order valence-corrected chi connectivity index (χ0v) is 24.3. The fraction of sp³-hybridized carbons (Fsp3) is 0. The highest BCUT2D eigenvalue weighted by molar-refractivity contribution is 7.26. The standard InChI is InChI=1S/C40H23NO2S/c1-2-9-24(10-3-1)41(31-13-8-16-37-40(31)30-12-5-7-15-36(30)44-37)25-17-18-29-35(23-25)43-34-22-20-26-27(39(29)34)19-21-33-38(26)28-11-4-6-14-32(28)42-33/h1-23H. The first-order valence-corrected chi connectivity index (χ1v) is 15.6. The van der Waals surface area contributed by atoms with Gasteiger partial charge in [0.25, 0.3) is 0 Å². The van der Waals surface area contributed by atoms with Crippen molar-refractivity contribution in [2.75, 3.05) is 4.90 Å². The van der Waals surface area contributed by atoms with E-state index in [0.717, 1.165) is 60.9 Å². The molecule has 0 bridgehead atoms. The van der Waals surface area contributed by atoms with Crippen molar-refractivity contribution >= 4 is 103 Å². The third-order valence-corrected chi connectivity index (χ3v) is 9.99. The van der Waals surface area contributed by atoms with Crippen molar-refractivity contribution in [3.05, 3.63) is 140 Å². The second kappa shape index (κ2) is 8.96. The van der Waals surface area contributed by atoms with Crippen LogP contribution in [0.25, 0.3) is 74.8 Å². The molecule has 0 aliphatic heterocycles. The van der Waals surface area contributed by atoms with Gasteiger partial charge in [0, 0.05) is 59.2 Å². The molecule has 0 atom stereocenters. The molecule has 0 radical (unpaired) electrons. The Kier molecular flexibility index (Phi) is 4.87. The van der Waals surface area contributed by atoms with Crippen LogP contribution >= 0.6 is 11.3 Å². The van der Waals surface area contributed by atoms with E-state index in [-0.39, 0.29) is 0 Å². The van der Waals surface area contributed by atoms with Gasteiger partial charge in [0.2, 0.25) is 0 Å². The SMILES string of the molecule is c1ccc(N(c2ccc3c(c2)oc2ccc4c(ccc5oc6ccccc6c54)c23)c2cccc3sc4ccccc4c23)cc1. The molecule has 44 heavy (non-hydrogen) atoms. The van der Waals surface area contributed by atoms with Gasteiger partial charge in [0.05, 0.1) is 5.69 Å². The van der Waals surface area contributed by atoms with Gasteiger partial charge in [-0.2, -0.15) is 0 Å². The molecule has 10 aromatic rings. The molecule has 3 aromatic heterocycles. The maximum atomic E-state index is 6.60. The Labute approximate surface area is 255 Å². The van der Waals surface area contributed by atoms with E-state index >= 15 is 0 Å². The van der Waals surface area contributed by atoms with Gasteiger partial charge in [-0.15, -0.1) is 11.3 Å². The lowest BCUT2D eigenvalue weighted by Crippen LogP contribution is -2.10. The third kappa shape index (κ3) is 3.31. The van der Waals surface area contributed by atoms with Crippen molar-refractivity contribution in [2.45, 2.75) is 0 Å². The van der Waals surface area contributed by atoms with Crippen molar-refractivity contribution in [2.24, 2.45) is 0 Å². The van der Waals surface area contributed by atoms with E-state index in [1.54, 1.807) is 0 Å². The molecule has 0 aliphatic rings. The van der Waals surface area contributed by atoms with Crippen molar-refractivity contribution < 1.29 is 8.83 Å². The van der Waals surface area contributed by atoms with Crippen molar-refractivity contribution in [3.8, 4) is 0 Å². The highest BCUT2D eigenvalue weighted by Crippen LogP contribution is 2.46. The second-order valence-corrected chi connectivity index (χ2v) is 12.4. The predicted octanol–water partition coefficient (Wildman–Crippen LogP) is 12.5. The number of nitrogens with zero attached hydrogens (tertiary/aromatic N) is 1. The second-order valence-electron chi connectivity index (χ2n) is 11.3. The van der Waals surface area contributed by atoms with Crippen molar-refractivity contribution in [3.63, 3.8) is 0 Å². The van der Waals surface area contributed by atoms with Gasteiger partial charge in [0.15, 0.2) is 0 Å². The molecule has 206 valence electrons. The fourth-order valence-electron chi connectivity index (χ4n) is 6.98. The zero-order chi connectivity index (χ0) is 28.8. The predicted molar refractivity (Wildman–Crippen MR) is 186 cm³/mol. The fourth-order valence-corrected chi connectivity index (χ4v) is 8.11. The van der Waals surface area contributed by atoms with E-state index < -0.39 is 0 Å². The molecule has 7 aromatic carbocycles. The molecule has 0 N–H and O–H groups in total. The Bertz CT molecular complexity index is 2730. The van der Waals surface area contributed by atoms with Crippen LogP contribution in [0.5, 0.6) is 0 Å². The van der Waals surface area contributed by atoms with E-state index in [4.69, 9.17) is 8.83 Å². The van der Waals surface area contributed by atoms with E-state index in [2.05, 4.69) is 132 Å². The normalized spacial score (nSPS) is 12.1. The third-order valence-electron chi connectivity index (χ3n) is 8.85. The van der Waals surface area contributed by atoms with Crippen LogP contribution in [0.1, 0.15) is 0 Å².